The van der Waals surface area contributed by atoms with E-state index in [1.54, 1.807) is 24.3 Å². The number of halogens is 2. The zero-order valence-electron chi connectivity index (χ0n) is 11.4. The third kappa shape index (κ3) is 3.61. The molecule has 0 amide bonds. The molecule has 0 aliphatic carbocycles. The van der Waals surface area contributed by atoms with Crippen LogP contribution in [0, 0.1) is 17.4 Å². The molecular formula is C14H14ClIN2O2S. The SMILES string of the molecule is Cc1cc(S(=O)(=O)Nc2ccc(I)cc2Cl)cc(N)c1C. The predicted molar refractivity (Wildman–Crippen MR) is 95.3 cm³/mol. The van der Waals surface area contributed by atoms with Gasteiger partial charge in [-0.05, 0) is 77.9 Å². The molecule has 2 rings (SSSR count). The van der Waals surface area contributed by atoms with Gasteiger partial charge in [-0.25, -0.2) is 8.42 Å². The fourth-order valence-electron chi connectivity index (χ4n) is 1.78. The highest BCUT2D eigenvalue weighted by Crippen LogP contribution is 2.28. The smallest absolute Gasteiger partial charge is 0.262 e. The number of rotatable bonds is 3. The summed E-state index contributed by atoms with van der Waals surface area (Å²) >= 11 is 8.16. The van der Waals surface area contributed by atoms with E-state index in [0.717, 1.165) is 14.7 Å². The van der Waals surface area contributed by atoms with Crippen LogP contribution < -0.4 is 10.5 Å². The fraction of sp³-hybridized carbons (Fsp3) is 0.143. The minimum atomic E-state index is -3.73. The van der Waals surface area contributed by atoms with Crippen molar-refractivity contribution in [3.05, 3.63) is 50.1 Å². The third-order valence-electron chi connectivity index (χ3n) is 3.17. The van der Waals surface area contributed by atoms with Crippen LogP contribution in [0.4, 0.5) is 11.4 Å². The Hall–Kier alpha value is -0.990. The number of nitrogen functional groups attached to an aromatic ring is 1. The molecule has 4 nitrogen and oxygen atoms in total. The standard InChI is InChI=1S/C14H14ClIN2O2S/c1-8-5-11(7-13(17)9(8)2)21(19,20)18-14-4-3-10(16)6-12(14)15/h3-7,18H,17H2,1-2H3. The first-order valence-electron chi connectivity index (χ1n) is 6.05. The molecule has 3 N–H and O–H groups in total. The summed E-state index contributed by atoms with van der Waals surface area (Å²) in [5.74, 6) is 0. The highest BCUT2D eigenvalue weighted by molar-refractivity contribution is 14.1. The summed E-state index contributed by atoms with van der Waals surface area (Å²) in [4.78, 5) is 0.123. The molecule has 0 heterocycles. The molecule has 0 atom stereocenters. The minimum absolute atomic E-state index is 0.123. The second-order valence-electron chi connectivity index (χ2n) is 4.68. The van der Waals surface area contributed by atoms with Gasteiger partial charge in [0, 0.05) is 9.26 Å². The van der Waals surface area contributed by atoms with Crippen LogP contribution in [0.1, 0.15) is 11.1 Å². The van der Waals surface area contributed by atoms with Crippen molar-refractivity contribution in [3.63, 3.8) is 0 Å². The van der Waals surface area contributed by atoms with E-state index in [0.29, 0.717) is 16.4 Å². The second-order valence-corrected chi connectivity index (χ2v) is 8.02. The Morgan fingerprint density at radius 1 is 1.19 bits per heavy atom. The Kier molecular flexibility index (Phi) is 4.69. The Balaban J connectivity index is 2.43. The van der Waals surface area contributed by atoms with E-state index in [9.17, 15) is 8.42 Å². The van der Waals surface area contributed by atoms with Gasteiger partial charge in [0.1, 0.15) is 0 Å². The molecular weight excluding hydrogens is 423 g/mol. The number of anilines is 2. The monoisotopic (exact) mass is 436 g/mol. The van der Waals surface area contributed by atoms with Gasteiger partial charge in [-0.2, -0.15) is 0 Å². The molecule has 0 aromatic heterocycles. The van der Waals surface area contributed by atoms with Gasteiger partial charge in [-0.1, -0.05) is 11.6 Å². The summed E-state index contributed by atoms with van der Waals surface area (Å²) in [6.45, 7) is 3.67. The number of aryl methyl sites for hydroxylation is 1. The first-order chi connectivity index (χ1) is 9.70. The van der Waals surface area contributed by atoms with Crippen molar-refractivity contribution in [2.45, 2.75) is 18.7 Å². The van der Waals surface area contributed by atoms with E-state index < -0.39 is 10.0 Å². The summed E-state index contributed by atoms with van der Waals surface area (Å²) in [6.07, 6.45) is 0. The fourth-order valence-corrected chi connectivity index (χ4v) is 3.94. The van der Waals surface area contributed by atoms with E-state index >= 15 is 0 Å². The van der Waals surface area contributed by atoms with Crippen molar-refractivity contribution in [2.24, 2.45) is 0 Å². The molecule has 0 saturated heterocycles. The van der Waals surface area contributed by atoms with E-state index in [2.05, 4.69) is 27.3 Å². The summed E-state index contributed by atoms with van der Waals surface area (Å²) in [5.41, 5.74) is 8.33. The molecule has 2 aromatic carbocycles. The zero-order chi connectivity index (χ0) is 15.8. The highest BCUT2D eigenvalue weighted by atomic mass is 127. The maximum Gasteiger partial charge on any atom is 0.262 e. The number of hydrogen-bond acceptors (Lipinski definition) is 3. The molecule has 112 valence electrons. The Bertz CT molecular complexity index is 784. The predicted octanol–water partition coefficient (Wildman–Crippen LogP) is 3.94. The molecule has 0 aliphatic rings. The van der Waals surface area contributed by atoms with Crippen molar-refractivity contribution >= 4 is 55.6 Å². The molecule has 0 aliphatic heterocycles. The minimum Gasteiger partial charge on any atom is -0.398 e. The van der Waals surface area contributed by atoms with Gasteiger partial charge in [0.25, 0.3) is 10.0 Å². The average Bonchev–Trinajstić information content (AvgIpc) is 2.38. The van der Waals surface area contributed by atoms with Crippen molar-refractivity contribution in [2.75, 3.05) is 10.5 Å². The zero-order valence-corrected chi connectivity index (χ0v) is 15.2. The van der Waals surface area contributed by atoms with Gasteiger partial charge < -0.3 is 5.73 Å². The van der Waals surface area contributed by atoms with Crippen LogP contribution in [0.5, 0.6) is 0 Å². The van der Waals surface area contributed by atoms with Crippen molar-refractivity contribution in [1.82, 2.24) is 0 Å². The lowest BCUT2D eigenvalue weighted by atomic mass is 10.1. The number of benzene rings is 2. The number of sulfonamides is 1. The van der Waals surface area contributed by atoms with Gasteiger partial charge in [0.15, 0.2) is 0 Å². The maximum absolute atomic E-state index is 12.4. The van der Waals surface area contributed by atoms with E-state index in [1.165, 1.54) is 6.07 Å². The van der Waals surface area contributed by atoms with E-state index in [4.69, 9.17) is 17.3 Å². The molecule has 21 heavy (non-hydrogen) atoms. The van der Waals surface area contributed by atoms with Gasteiger partial charge in [0.2, 0.25) is 0 Å². The Labute approximate surface area is 142 Å². The van der Waals surface area contributed by atoms with Crippen LogP contribution in [-0.2, 0) is 10.0 Å². The average molecular weight is 437 g/mol. The lowest BCUT2D eigenvalue weighted by Gasteiger charge is -2.12. The van der Waals surface area contributed by atoms with Gasteiger partial charge in [0.05, 0.1) is 15.6 Å². The topological polar surface area (TPSA) is 72.2 Å². The molecule has 0 radical (unpaired) electrons. The number of hydrogen-bond donors (Lipinski definition) is 2. The number of nitrogens with one attached hydrogen (secondary N) is 1. The Morgan fingerprint density at radius 3 is 2.43 bits per heavy atom. The highest BCUT2D eigenvalue weighted by Gasteiger charge is 2.17. The van der Waals surface area contributed by atoms with Crippen molar-refractivity contribution < 1.29 is 8.42 Å². The molecule has 0 spiro atoms. The molecule has 0 saturated carbocycles. The van der Waals surface area contributed by atoms with E-state index in [-0.39, 0.29) is 4.90 Å². The Morgan fingerprint density at radius 2 is 1.86 bits per heavy atom. The summed E-state index contributed by atoms with van der Waals surface area (Å²) in [6, 6.07) is 8.14. The summed E-state index contributed by atoms with van der Waals surface area (Å²) < 4.78 is 28.3. The van der Waals surface area contributed by atoms with Crippen LogP contribution in [0.25, 0.3) is 0 Å². The maximum atomic E-state index is 12.4. The lowest BCUT2D eigenvalue weighted by molar-refractivity contribution is 0.601. The van der Waals surface area contributed by atoms with Crippen LogP contribution in [0.15, 0.2) is 35.2 Å². The number of nitrogens with two attached hydrogens (primary N) is 1. The molecule has 0 unspecified atom stereocenters. The molecule has 2 aromatic rings. The molecule has 0 fully saturated rings. The van der Waals surface area contributed by atoms with Crippen molar-refractivity contribution in [3.8, 4) is 0 Å². The summed E-state index contributed by atoms with van der Waals surface area (Å²) in [5, 5.41) is 0.349. The largest absolute Gasteiger partial charge is 0.398 e. The second kappa shape index (κ2) is 6.02. The lowest BCUT2D eigenvalue weighted by Crippen LogP contribution is -2.14. The van der Waals surface area contributed by atoms with Crippen molar-refractivity contribution in [1.29, 1.82) is 0 Å². The molecule has 7 heteroatoms. The van der Waals surface area contributed by atoms with E-state index in [1.807, 2.05) is 13.8 Å². The van der Waals surface area contributed by atoms with Gasteiger partial charge in [-0.3, -0.25) is 4.72 Å². The third-order valence-corrected chi connectivity index (χ3v) is 5.50. The summed E-state index contributed by atoms with van der Waals surface area (Å²) in [7, 11) is -3.73. The molecule has 0 bridgehead atoms. The van der Waals surface area contributed by atoms with Crippen LogP contribution in [0.2, 0.25) is 5.02 Å². The first kappa shape index (κ1) is 16.4. The van der Waals surface area contributed by atoms with Crippen LogP contribution >= 0.6 is 34.2 Å². The van der Waals surface area contributed by atoms with Crippen LogP contribution in [-0.4, -0.2) is 8.42 Å². The van der Waals surface area contributed by atoms with Gasteiger partial charge >= 0.3 is 0 Å². The van der Waals surface area contributed by atoms with Crippen LogP contribution in [0.3, 0.4) is 0 Å². The first-order valence-corrected chi connectivity index (χ1v) is 8.99. The normalized spacial score (nSPS) is 11.4. The quantitative estimate of drug-likeness (QED) is 0.565. The van der Waals surface area contributed by atoms with Gasteiger partial charge in [-0.15, -0.1) is 0 Å².